The Kier molecular flexibility index (Phi) is 6.57. The number of rotatable bonds is 6. The molecule has 1 aromatic rings. The zero-order chi connectivity index (χ0) is 19.6. The van der Waals surface area contributed by atoms with Crippen LogP contribution in [0.5, 0.6) is 5.75 Å². The second-order valence-corrected chi connectivity index (χ2v) is 13.9. The van der Waals surface area contributed by atoms with Crippen LogP contribution in [0.25, 0.3) is 0 Å². The van der Waals surface area contributed by atoms with E-state index in [4.69, 9.17) is 23.7 Å². The lowest BCUT2D eigenvalue weighted by Crippen LogP contribution is -2.62. The molecule has 0 aromatic heterocycles. The molecule has 0 saturated carbocycles. The van der Waals surface area contributed by atoms with Gasteiger partial charge in [0.25, 0.3) is 0 Å². The second-order valence-electron chi connectivity index (χ2n) is 8.24. The summed E-state index contributed by atoms with van der Waals surface area (Å²) >= 11 is 0. The summed E-state index contributed by atoms with van der Waals surface area (Å²) in [5.74, 6) is 0.738. The van der Waals surface area contributed by atoms with Gasteiger partial charge in [0.15, 0.2) is 12.6 Å². The average molecular weight is 399 g/mol. The highest BCUT2D eigenvalue weighted by molar-refractivity contribution is 6.76. The molecule has 2 saturated heterocycles. The lowest BCUT2D eigenvalue weighted by Gasteiger charge is -2.46. The van der Waals surface area contributed by atoms with Crippen molar-refractivity contribution in [3.05, 3.63) is 29.8 Å². The van der Waals surface area contributed by atoms with Crippen LogP contribution in [0.2, 0.25) is 25.7 Å². The number of benzene rings is 1. The molecule has 0 spiro atoms. The van der Waals surface area contributed by atoms with Gasteiger partial charge in [-0.25, -0.2) is 0 Å². The highest BCUT2D eigenvalue weighted by atomic mass is 28.3. The molecule has 2 N–H and O–H groups in total. The lowest BCUT2D eigenvalue weighted by molar-refractivity contribution is -0.360. The standard InChI is InChI=1S/C19H30O7Si/c1-22-13-7-5-12(6-8-13)18-24-11-14-17(26-18)15(20)16(21)19(25-14)23-9-10-27(2,3)4/h5-8,14-21H,9-11H2,1-4H3/t14-,15-,16-,17+,18?,19-/m1/s1. The minimum absolute atomic E-state index is 0.249. The molecule has 2 heterocycles. The highest BCUT2D eigenvalue weighted by Crippen LogP contribution is 2.34. The van der Waals surface area contributed by atoms with E-state index in [1.165, 1.54) is 0 Å². The average Bonchev–Trinajstić information content (AvgIpc) is 2.64. The van der Waals surface area contributed by atoms with Crippen LogP contribution < -0.4 is 4.74 Å². The number of aliphatic hydroxyl groups is 2. The van der Waals surface area contributed by atoms with Crippen LogP contribution in [0, 0.1) is 0 Å². The van der Waals surface area contributed by atoms with Crippen LogP contribution in [-0.2, 0) is 18.9 Å². The molecule has 6 atom stereocenters. The van der Waals surface area contributed by atoms with Gasteiger partial charge in [0.05, 0.1) is 13.7 Å². The predicted molar refractivity (Wildman–Crippen MR) is 101 cm³/mol. The Labute approximate surface area is 161 Å². The summed E-state index contributed by atoms with van der Waals surface area (Å²) in [5.41, 5.74) is 0.810. The largest absolute Gasteiger partial charge is 0.497 e. The highest BCUT2D eigenvalue weighted by Gasteiger charge is 2.49. The molecule has 27 heavy (non-hydrogen) atoms. The molecule has 2 aliphatic heterocycles. The van der Waals surface area contributed by atoms with Gasteiger partial charge in [0, 0.05) is 20.2 Å². The maximum atomic E-state index is 10.5. The molecule has 0 aliphatic carbocycles. The van der Waals surface area contributed by atoms with Gasteiger partial charge in [-0.15, -0.1) is 0 Å². The minimum atomic E-state index is -1.25. The van der Waals surface area contributed by atoms with Crippen molar-refractivity contribution in [1.29, 1.82) is 0 Å². The minimum Gasteiger partial charge on any atom is -0.497 e. The predicted octanol–water partition coefficient (Wildman–Crippen LogP) is 1.91. The van der Waals surface area contributed by atoms with E-state index in [-0.39, 0.29) is 6.61 Å². The van der Waals surface area contributed by atoms with Crippen LogP contribution in [-0.4, -0.2) is 69.3 Å². The fourth-order valence-corrected chi connectivity index (χ4v) is 3.86. The molecule has 0 bridgehead atoms. The molecule has 2 aliphatic rings. The van der Waals surface area contributed by atoms with Crippen molar-refractivity contribution in [3.63, 3.8) is 0 Å². The maximum absolute atomic E-state index is 10.5. The van der Waals surface area contributed by atoms with Crippen LogP contribution in [0.3, 0.4) is 0 Å². The Morgan fingerprint density at radius 1 is 1.07 bits per heavy atom. The van der Waals surface area contributed by atoms with Gasteiger partial charge < -0.3 is 33.9 Å². The van der Waals surface area contributed by atoms with Crippen LogP contribution >= 0.6 is 0 Å². The van der Waals surface area contributed by atoms with Gasteiger partial charge in [0.1, 0.15) is 30.2 Å². The summed E-state index contributed by atoms with van der Waals surface area (Å²) in [5, 5.41) is 21.0. The van der Waals surface area contributed by atoms with Gasteiger partial charge >= 0.3 is 0 Å². The molecular formula is C19H30O7Si. The first-order valence-electron chi connectivity index (χ1n) is 9.33. The van der Waals surface area contributed by atoms with Gasteiger partial charge in [0.2, 0.25) is 0 Å². The van der Waals surface area contributed by atoms with E-state index in [9.17, 15) is 10.2 Å². The molecule has 2 fully saturated rings. The van der Waals surface area contributed by atoms with Gasteiger partial charge in [-0.1, -0.05) is 31.8 Å². The van der Waals surface area contributed by atoms with E-state index in [2.05, 4.69) is 19.6 Å². The Morgan fingerprint density at radius 2 is 1.78 bits per heavy atom. The van der Waals surface area contributed by atoms with Crippen molar-refractivity contribution < 1.29 is 33.9 Å². The molecule has 1 aromatic carbocycles. The topological polar surface area (TPSA) is 86.6 Å². The normalized spacial score (nSPS) is 34.1. The Hall–Kier alpha value is -1.00. The molecule has 3 rings (SSSR count). The Morgan fingerprint density at radius 3 is 2.41 bits per heavy atom. The van der Waals surface area contributed by atoms with Gasteiger partial charge in [-0.05, 0) is 18.2 Å². The SMILES string of the molecule is COc1ccc(C2OC[C@H]3O[C@@H](OCC[Si](C)(C)C)[C@H](O)[C@@H](O)[C@H]3O2)cc1. The molecule has 152 valence electrons. The van der Waals surface area contributed by atoms with Crippen molar-refractivity contribution in [2.24, 2.45) is 0 Å². The fraction of sp³-hybridized carbons (Fsp3) is 0.684. The summed E-state index contributed by atoms with van der Waals surface area (Å²) < 4.78 is 28.3. The number of aliphatic hydroxyl groups excluding tert-OH is 2. The zero-order valence-corrected chi connectivity index (χ0v) is 17.3. The van der Waals surface area contributed by atoms with E-state index in [1.807, 2.05) is 24.3 Å². The smallest absolute Gasteiger partial charge is 0.186 e. The summed E-state index contributed by atoms with van der Waals surface area (Å²) in [7, 11) is 0.352. The van der Waals surface area contributed by atoms with E-state index in [1.54, 1.807) is 7.11 Å². The molecular weight excluding hydrogens is 368 g/mol. The van der Waals surface area contributed by atoms with Crippen molar-refractivity contribution in [2.75, 3.05) is 20.3 Å². The fourth-order valence-electron chi connectivity index (χ4n) is 3.13. The third kappa shape index (κ3) is 5.08. The van der Waals surface area contributed by atoms with Crippen LogP contribution in [0.4, 0.5) is 0 Å². The van der Waals surface area contributed by atoms with Crippen molar-refractivity contribution in [2.45, 2.75) is 62.7 Å². The first-order valence-corrected chi connectivity index (χ1v) is 13.0. The van der Waals surface area contributed by atoms with E-state index >= 15 is 0 Å². The van der Waals surface area contributed by atoms with Gasteiger partial charge in [-0.3, -0.25) is 0 Å². The van der Waals surface area contributed by atoms with Crippen LogP contribution in [0.15, 0.2) is 24.3 Å². The van der Waals surface area contributed by atoms with Crippen molar-refractivity contribution in [3.8, 4) is 5.75 Å². The Bertz CT molecular complexity index is 601. The number of fused-ring (bicyclic) bond motifs is 1. The first-order chi connectivity index (χ1) is 12.8. The van der Waals surface area contributed by atoms with E-state index in [0.717, 1.165) is 17.4 Å². The first kappa shape index (κ1) is 20.7. The monoisotopic (exact) mass is 398 g/mol. The summed E-state index contributed by atoms with van der Waals surface area (Å²) in [6.07, 6.45) is -4.95. The van der Waals surface area contributed by atoms with E-state index < -0.39 is 45.1 Å². The third-order valence-electron chi connectivity index (χ3n) is 4.86. The molecule has 1 unspecified atom stereocenters. The second kappa shape index (κ2) is 8.56. The summed E-state index contributed by atoms with van der Waals surface area (Å²) in [6, 6.07) is 8.28. The van der Waals surface area contributed by atoms with E-state index in [0.29, 0.717) is 6.61 Å². The maximum Gasteiger partial charge on any atom is 0.186 e. The zero-order valence-electron chi connectivity index (χ0n) is 16.3. The summed E-state index contributed by atoms with van der Waals surface area (Å²) in [4.78, 5) is 0. The molecule has 0 radical (unpaired) electrons. The quantitative estimate of drug-likeness (QED) is 0.708. The van der Waals surface area contributed by atoms with Gasteiger partial charge in [-0.2, -0.15) is 0 Å². The molecule has 7 nitrogen and oxygen atoms in total. The third-order valence-corrected chi connectivity index (χ3v) is 6.56. The lowest BCUT2D eigenvalue weighted by atomic mass is 9.98. The van der Waals surface area contributed by atoms with Crippen molar-refractivity contribution >= 4 is 8.07 Å². The number of hydrogen-bond acceptors (Lipinski definition) is 7. The number of ether oxygens (including phenoxy) is 5. The van der Waals surface area contributed by atoms with Crippen LogP contribution in [0.1, 0.15) is 11.9 Å². The molecule has 8 heteroatoms. The molecule has 0 amide bonds. The van der Waals surface area contributed by atoms with Crippen molar-refractivity contribution in [1.82, 2.24) is 0 Å². The number of hydrogen-bond donors (Lipinski definition) is 2. The summed E-state index contributed by atoms with van der Waals surface area (Å²) in [6.45, 7) is 7.50. The Balaban J connectivity index is 1.60. The number of methoxy groups -OCH3 is 1.